The van der Waals surface area contributed by atoms with Crippen LogP contribution in [0.4, 0.5) is 0 Å². The second-order valence-electron chi connectivity index (χ2n) is 9.04. The van der Waals surface area contributed by atoms with Gasteiger partial charge in [0.15, 0.2) is 0 Å². The van der Waals surface area contributed by atoms with Crippen LogP contribution in [0, 0.1) is 43.9 Å². The molecule has 3 fully saturated rings. The third kappa shape index (κ3) is 2.73. The van der Waals surface area contributed by atoms with E-state index in [1.54, 1.807) is 0 Å². The Morgan fingerprint density at radius 3 is 2.28 bits per heavy atom. The van der Waals surface area contributed by atoms with E-state index >= 15 is 0 Å². The molecule has 136 valence electrons. The molecule has 1 heterocycles. The third-order valence-electron chi connectivity index (χ3n) is 7.25. The maximum Gasteiger partial charge on any atom is 0.249 e. The number of hydrogen-bond donors (Lipinski definition) is 0. The molecule has 0 aliphatic heterocycles. The largest absolute Gasteiger partial charge is 1.00 e. The van der Waals surface area contributed by atoms with Gasteiger partial charge in [0, 0.05) is 5.92 Å². The topological polar surface area (TPSA) is 8.81 Å². The SMILES string of the molecule is Cc1cc(C)c(-n2cc[n+]([C@H]3C[C@H]4C[C@H]([C@@H]3C)C4(C)C)c2)c(C)c1.[Cl-]. The Labute approximate surface area is 158 Å². The van der Waals surface area contributed by atoms with Gasteiger partial charge in [-0.05, 0) is 62.0 Å². The Morgan fingerprint density at radius 1 is 1.08 bits per heavy atom. The normalized spacial score (nSPS) is 29.7. The van der Waals surface area contributed by atoms with Gasteiger partial charge in [-0.1, -0.05) is 38.5 Å². The zero-order valence-electron chi connectivity index (χ0n) is 16.4. The fourth-order valence-electron chi connectivity index (χ4n) is 5.79. The van der Waals surface area contributed by atoms with Crippen molar-refractivity contribution in [3.63, 3.8) is 0 Å². The van der Waals surface area contributed by atoms with Crippen LogP contribution in [0.25, 0.3) is 5.69 Å². The van der Waals surface area contributed by atoms with E-state index in [2.05, 4.69) is 81.5 Å². The van der Waals surface area contributed by atoms with Crippen molar-refractivity contribution in [2.75, 3.05) is 0 Å². The van der Waals surface area contributed by atoms with Crippen molar-refractivity contribution < 1.29 is 17.0 Å². The van der Waals surface area contributed by atoms with Crippen molar-refractivity contribution in [1.29, 1.82) is 0 Å². The van der Waals surface area contributed by atoms with E-state index in [1.165, 1.54) is 35.2 Å². The summed E-state index contributed by atoms with van der Waals surface area (Å²) in [5.74, 6) is 2.56. The lowest BCUT2D eigenvalue weighted by Gasteiger charge is -2.61. The molecule has 0 spiro atoms. The molecule has 0 radical (unpaired) electrons. The van der Waals surface area contributed by atoms with Gasteiger partial charge in [0.1, 0.15) is 24.1 Å². The van der Waals surface area contributed by atoms with E-state index in [-0.39, 0.29) is 12.4 Å². The van der Waals surface area contributed by atoms with Crippen molar-refractivity contribution in [1.82, 2.24) is 4.57 Å². The molecule has 3 heteroatoms. The van der Waals surface area contributed by atoms with Crippen LogP contribution in [0.2, 0.25) is 0 Å². The first kappa shape index (κ1) is 18.5. The summed E-state index contributed by atoms with van der Waals surface area (Å²) < 4.78 is 4.81. The van der Waals surface area contributed by atoms with Gasteiger partial charge in [0.2, 0.25) is 6.33 Å². The van der Waals surface area contributed by atoms with Gasteiger partial charge < -0.3 is 12.4 Å². The molecular weight excluding hydrogens is 328 g/mol. The highest BCUT2D eigenvalue weighted by Crippen LogP contribution is 2.63. The smallest absolute Gasteiger partial charge is 0.249 e. The summed E-state index contributed by atoms with van der Waals surface area (Å²) in [5, 5.41) is 0. The van der Waals surface area contributed by atoms with E-state index < -0.39 is 0 Å². The molecule has 1 aromatic heterocycles. The molecule has 2 aromatic rings. The fraction of sp³-hybridized carbons (Fsp3) is 0.591. The van der Waals surface area contributed by atoms with Crippen LogP contribution in [0.5, 0.6) is 0 Å². The average molecular weight is 359 g/mol. The summed E-state index contributed by atoms with van der Waals surface area (Å²) in [6, 6.07) is 5.23. The molecule has 3 saturated carbocycles. The number of imidazole rings is 1. The lowest BCUT2D eigenvalue weighted by Crippen LogP contribution is -3.00. The van der Waals surface area contributed by atoms with Gasteiger partial charge in [-0.3, -0.25) is 0 Å². The Morgan fingerprint density at radius 2 is 1.72 bits per heavy atom. The Kier molecular flexibility index (Phi) is 4.56. The molecule has 1 aromatic carbocycles. The summed E-state index contributed by atoms with van der Waals surface area (Å²) >= 11 is 0. The lowest BCUT2D eigenvalue weighted by atomic mass is 9.44. The van der Waals surface area contributed by atoms with Crippen molar-refractivity contribution >= 4 is 0 Å². The van der Waals surface area contributed by atoms with Crippen molar-refractivity contribution in [3.8, 4) is 5.69 Å². The molecule has 0 amide bonds. The number of rotatable bonds is 2. The molecular formula is C22H31ClN2. The van der Waals surface area contributed by atoms with E-state index in [9.17, 15) is 0 Å². The monoisotopic (exact) mass is 358 g/mol. The molecule has 4 atom stereocenters. The van der Waals surface area contributed by atoms with E-state index in [1.807, 2.05) is 0 Å². The zero-order chi connectivity index (χ0) is 17.2. The number of fused-ring (bicyclic) bond motifs is 2. The minimum absolute atomic E-state index is 0. The Balaban J connectivity index is 0.00000182. The highest BCUT2D eigenvalue weighted by Gasteiger charge is 2.57. The molecule has 0 unspecified atom stereocenters. The molecule has 0 saturated heterocycles. The van der Waals surface area contributed by atoms with Crippen LogP contribution in [0.3, 0.4) is 0 Å². The first-order valence-electron chi connectivity index (χ1n) is 9.46. The minimum atomic E-state index is 0. The van der Waals surface area contributed by atoms with Crippen LogP contribution in [0.15, 0.2) is 30.9 Å². The first-order valence-corrected chi connectivity index (χ1v) is 9.46. The molecule has 0 N–H and O–H groups in total. The summed E-state index contributed by atoms with van der Waals surface area (Å²) in [5.41, 5.74) is 5.96. The number of halogens is 1. The zero-order valence-corrected chi connectivity index (χ0v) is 17.1. The maximum atomic E-state index is 2.48. The lowest BCUT2D eigenvalue weighted by molar-refractivity contribution is -0.737. The Bertz CT molecular complexity index is 766. The summed E-state index contributed by atoms with van der Waals surface area (Å²) in [7, 11) is 0. The number of aryl methyl sites for hydroxylation is 3. The third-order valence-corrected chi connectivity index (χ3v) is 7.25. The minimum Gasteiger partial charge on any atom is -1.00 e. The number of hydrogen-bond acceptors (Lipinski definition) is 0. The van der Waals surface area contributed by atoms with Crippen LogP contribution in [-0.2, 0) is 0 Å². The van der Waals surface area contributed by atoms with Crippen molar-refractivity contribution in [3.05, 3.63) is 47.5 Å². The van der Waals surface area contributed by atoms with Crippen molar-refractivity contribution in [2.24, 2.45) is 23.2 Å². The van der Waals surface area contributed by atoms with Crippen LogP contribution < -0.4 is 17.0 Å². The maximum absolute atomic E-state index is 2.48. The average Bonchev–Trinajstić information content (AvgIpc) is 2.95. The van der Waals surface area contributed by atoms with Crippen LogP contribution in [-0.4, -0.2) is 4.57 Å². The van der Waals surface area contributed by atoms with E-state index in [0.29, 0.717) is 11.5 Å². The predicted octanol–water partition coefficient (Wildman–Crippen LogP) is 1.94. The predicted molar refractivity (Wildman–Crippen MR) is 98.4 cm³/mol. The molecule has 25 heavy (non-hydrogen) atoms. The van der Waals surface area contributed by atoms with Gasteiger partial charge >= 0.3 is 0 Å². The first-order chi connectivity index (χ1) is 11.3. The molecule has 5 rings (SSSR count). The van der Waals surface area contributed by atoms with Crippen LogP contribution >= 0.6 is 0 Å². The molecule has 3 aliphatic carbocycles. The highest BCUT2D eigenvalue weighted by atomic mass is 35.5. The summed E-state index contributed by atoms with van der Waals surface area (Å²) in [6.07, 6.45) is 9.64. The summed E-state index contributed by atoms with van der Waals surface area (Å²) in [6.45, 7) is 14.1. The van der Waals surface area contributed by atoms with E-state index in [0.717, 1.165) is 17.8 Å². The standard InChI is InChI=1S/C22H31N2.ClH/c1-14-9-15(2)21(16(3)10-14)24-8-7-23(13-24)20-12-18-11-19(17(20)4)22(18,5)6;/h7-10,13,17-20H,11-12H2,1-6H3;1H/q+1;/p-1/t17-,18+,19+,20-;/m0./s1. The van der Waals surface area contributed by atoms with E-state index in [4.69, 9.17) is 0 Å². The van der Waals surface area contributed by atoms with Gasteiger partial charge in [-0.15, -0.1) is 0 Å². The quantitative estimate of drug-likeness (QED) is 0.725. The highest BCUT2D eigenvalue weighted by molar-refractivity contribution is 5.48. The Hall–Kier alpha value is -1.28. The molecule has 3 aliphatic rings. The van der Waals surface area contributed by atoms with Gasteiger partial charge in [-0.25, -0.2) is 9.13 Å². The molecule has 2 nitrogen and oxygen atoms in total. The second kappa shape index (κ2) is 6.16. The van der Waals surface area contributed by atoms with Gasteiger partial charge in [0.05, 0.1) is 0 Å². The van der Waals surface area contributed by atoms with Gasteiger partial charge in [-0.2, -0.15) is 0 Å². The number of benzene rings is 1. The summed E-state index contributed by atoms with van der Waals surface area (Å²) in [4.78, 5) is 0. The fourth-order valence-corrected chi connectivity index (χ4v) is 5.79. The molecule has 2 bridgehead atoms. The number of nitrogens with zero attached hydrogens (tertiary/aromatic N) is 2. The number of aromatic nitrogens is 2. The van der Waals surface area contributed by atoms with Gasteiger partial charge in [0.25, 0.3) is 0 Å². The second-order valence-corrected chi connectivity index (χ2v) is 9.04. The van der Waals surface area contributed by atoms with Crippen LogP contribution in [0.1, 0.15) is 56.3 Å². The van der Waals surface area contributed by atoms with Crippen molar-refractivity contribution in [2.45, 2.75) is 60.4 Å².